The van der Waals surface area contributed by atoms with Crippen LogP contribution in [0.15, 0.2) is 79.0 Å². The first kappa shape index (κ1) is 71.9. The van der Waals surface area contributed by atoms with Crippen LogP contribution in [0.1, 0.15) is 154 Å². The molecule has 7 amide bonds. The second-order valence-electron chi connectivity index (χ2n) is 30.0. The number of aliphatic hydroxyl groups is 2. The van der Waals surface area contributed by atoms with Crippen LogP contribution in [0.3, 0.4) is 0 Å². The lowest BCUT2D eigenvalue weighted by Gasteiger charge is -2.69. The third-order valence-electron chi connectivity index (χ3n) is 21.1. The van der Waals surface area contributed by atoms with Crippen molar-refractivity contribution in [3.8, 4) is 11.1 Å². The minimum absolute atomic E-state index is 0.0351. The molecule has 6 aromatic rings. The van der Waals surface area contributed by atoms with Gasteiger partial charge >= 0.3 is 12.1 Å². The molecule has 7 atom stereocenters. The average Bonchev–Trinajstić information content (AvgIpc) is 0.762. The number of ether oxygens (including phenoxy) is 3. The van der Waals surface area contributed by atoms with E-state index in [0.717, 1.165) is 65.6 Å². The van der Waals surface area contributed by atoms with Gasteiger partial charge in [0.25, 0.3) is 5.91 Å². The highest BCUT2D eigenvalue weighted by Crippen LogP contribution is 2.72. The molecule has 9 N–H and O–H groups in total. The number of likely N-dealkylation sites (tertiary alicyclic amines) is 1. The highest BCUT2D eigenvalue weighted by molar-refractivity contribution is 7.22. The van der Waals surface area contributed by atoms with Gasteiger partial charge in [0.1, 0.15) is 24.5 Å². The number of aryl methyl sites for hydroxylation is 1. The van der Waals surface area contributed by atoms with E-state index in [9.17, 15) is 53.7 Å². The molecule has 6 heterocycles. The second-order valence-corrected chi connectivity index (χ2v) is 31.0. The standard InChI is InChI=1S/C74H92N12O14S/c1-43(2)63(81-61(90)33-85-24-10-15-62(85)91)67(94)77-44(3)65(92)78-49-18-16-48(47(29-49)17-20-57-56(88)30-50(87)35-98-57)34-99-70(97)83(26-23-59(75)89)27-28-100-74-39-71(5)36-72(6,40-74)38-73(37-71,41-74)42-86-45(4)53(31-76-86)51-19-21-60(80-64(51)68(95)96)84-25-22-46-11-9-12-52(54(46)32-84)66(93)82-69-79-55-13-7-8-14-58(55)101-69/h7-9,11-14,16,18-19,21,29,31,43-44,50,56-57,63,87-88H,10,15,17,20,22-28,30,32-42H2,1-6H3,(H2,75,89)(H,77,94)(H,78,92)(H,81,90)(H,95,96)(H,79,82,93)/t44-,50-,56+,57-,63?,71?,72?,73?,74?/m0/s1. The van der Waals surface area contributed by atoms with Gasteiger partial charge < -0.3 is 65.9 Å². The third kappa shape index (κ3) is 16.4. The number of hydrogen-bond donors (Lipinski definition) is 8. The van der Waals surface area contributed by atoms with E-state index >= 15 is 0 Å². The topological polar surface area (TPSA) is 352 Å². The number of amides is 7. The molecule has 6 fully saturated rings. The number of carbonyl (C=O) groups is 8. The van der Waals surface area contributed by atoms with Gasteiger partial charge in [-0.15, -0.1) is 0 Å². The Balaban J connectivity index is 0.697. The average molecular weight is 1410 g/mol. The molecule has 4 aliphatic carbocycles. The summed E-state index contributed by atoms with van der Waals surface area (Å²) < 4.78 is 21.9. The molecular formula is C74H92N12O14S. The summed E-state index contributed by atoms with van der Waals surface area (Å²) >= 11 is 1.41. The van der Waals surface area contributed by atoms with E-state index in [2.05, 4.69) is 40.1 Å². The molecule has 13 rings (SSSR count). The number of primary amides is 1. The number of benzene rings is 3. The quantitative estimate of drug-likeness (QED) is 0.0245. The van der Waals surface area contributed by atoms with Crippen molar-refractivity contribution in [3.63, 3.8) is 0 Å². The maximum absolute atomic E-state index is 14.3. The molecule has 2 saturated heterocycles. The highest BCUT2D eigenvalue weighted by Gasteiger charge is 2.66. The fourth-order valence-electron chi connectivity index (χ4n) is 17.5. The van der Waals surface area contributed by atoms with Crippen molar-refractivity contribution in [3.05, 3.63) is 118 Å². The van der Waals surface area contributed by atoms with E-state index in [-0.39, 0.29) is 92.0 Å². The summed E-state index contributed by atoms with van der Waals surface area (Å²) in [5.74, 6) is -3.65. The lowest BCUT2D eigenvalue weighted by molar-refractivity contribution is -0.248. The number of rotatable bonds is 27. The van der Waals surface area contributed by atoms with E-state index in [0.29, 0.717) is 103 Å². The first-order valence-corrected chi connectivity index (χ1v) is 35.9. The first-order valence-electron chi connectivity index (χ1n) is 35.1. The van der Waals surface area contributed by atoms with E-state index < -0.39 is 71.7 Å². The highest BCUT2D eigenvalue weighted by atomic mass is 32.1. The smallest absolute Gasteiger partial charge is 0.410 e. The molecule has 3 aromatic carbocycles. The Morgan fingerprint density at radius 1 is 0.851 bits per heavy atom. The van der Waals surface area contributed by atoms with Crippen molar-refractivity contribution in [2.45, 2.75) is 181 Å². The van der Waals surface area contributed by atoms with Gasteiger partial charge in [0.05, 0.1) is 60.1 Å². The summed E-state index contributed by atoms with van der Waals surface area (Å²) in [5, 5.41) is 48.5. The van der Waals surface area contributed by atoms with Crippen LogP contribution in [0.25, 0.3) is 21.3 Å². The van der Waals surface area contributed by atoms with E-state index in [1.807, 2.05) is 59.0 Å². The van der Waals surface area contributed by atoms with Crippen molar-refractivity contribution in [1.82, 2.24) is 40.2 Å². The number of para-hydroxylation sites is 1. The van der Waals surface area contributed by atoms with Crippen LogP contribution < -0.4 is 31.9 Å². The Hall–Kier alpha value is -8.89. The van der Waals surface area contributed by atoms with Crippen LogP contribution in [0, 0.1) is 29.1 Å². The Bertz CT molecular complexity index is 4120. The maximum atomic E-state index is 14.3. The zero-order chi connectivity index (χ0) is 71.7. The fraction of sp³-hybridized carbons (Fsp3) is 0.527. The Labute approximate surface area is 590 Å². The van der Waals surface area contributed by atoms with Crippen molar-refractivity contribution in [2.75, 3.05) is 61.5 Å². The third-order valence-corrected chi connectivity index (χ3v) is 22.1. The number of fused-ring (bicyclic) bond motifs is 2. The van der Waals surface area contributed by atoms with Gasteiger partial charge in [-0.05, 0) is 165 Å². The first-order chi connectivity index (χ1) is 48.1. The van der Waals surface area contributed by atoms with Crippen molar-refractivity contribution in [1.29, 1.82) is 0 Å². The number of carboxylic acid groups (broad SMARTS) is 1. The molecule has 27 heteroatoms. The summed E-state index contributed by atoms with van der Waals surface area (Å²) in [7, 11) is 0. The van der Waals surface area contributed by atoms with Crippen LogP contribution in [-0.2, 0) is 70.7 Å². The fourth-order valence-corrected chi connectivity index (χ4v) is 18.3. The zero-order valence-electron chi connectivity index (χ0n) is 58.2. The predicted octanol–water partition coefficient (Wildman–Crippen LogP) is 7.68. The van der Waals surface area contributed by atoms with Crippen LogP contribution in [0.4, 0.5) is 21.4 Å². The van der Waals surface area contributed by atoms with Gasteiger partial charge in [0.15, 0.2) is 10.8 Å². The summed E-state index contributed by atoms with van der Waals surface area (Å²) in [4.78, 5) is 120. The SMILES string of the molecule is Cc1c(-c2ccc(N3CCc4cccc(C(=O)Nc5nc6ccccc6s5)c4C3)nc2C(=O)O)cnn1CC12CC3(C)CC(C)(C1)CC(OCCN(CCC(N)=O)C(=O)OCc1ccc(NC(=O)[C@H](C)NC(=O)C(NC(=O)CN4CCCC4=O)C(C)C)cc1CC[C@@H]1OC[C@@H](O)C[C@H]1O)(C3)C2. The Morgan fingerprint density at radius 2 is 1.63 bits per heavy atom. The van der Waals surface area contributed by atoms with Gasteiger partial charge in [0.2, 0.25) is 29.5 Å². The van der Waals surface area contributed by atoms with Gasteiger partial charge in [-0.3, -0.25) is 38.8 Å². The van der Waals surface area contributed by atoms with E-state index in [1.165, 1.54) is 28.1 Å². The number of carboxylic acids is 1. The summed E-state index contributed by atoms with van der Waals surface area (Å²) in [6, 6.07) is 20.1. The number of aromatic nitrogens is 4. The minimum Gasteiger partial charge on any atom is -0.476 e. The number of nitrogens with two attached hydrogens (primary N) is 1. The monoisotopic (exact) mass is 1400 g/mol. The second kappa shape index (κ2) is 29.6. The van der Waals surface area contributed by atoms with Crippen LogP contribution in [-0.4, -0.2) is 174 Å². The summed E-state index contributed by atoms with van der Waals surface area (Å²) in [6.45, 7) is 13.5. The molecule has 0 radical (unpaired) electrons. The number of pyridine rings is 1. The molecule has 3 aromatic heterocycles. The van der Waals surface area contributed by atoms with Gasteiger partial charge in [0, 0.05) is 86.6 Å². The maximum Gasteiger partial charge on any atom is 0.410 e. The number of aliphatic hydroxyl groups excluding tert-OH is 2. The van der Waals surface area contributed by atoms with E-state index in [1.54, 1.807) is 50.4 Å². The number of thiazole rings is 1. The number of nitrogens with one attached hydrogen (secondary N) is 4. The molecule has 3 aliphatic heterocycles. The number of nitrogens with zero attached hydrogens (tertiary/aromatic N) is 7. The molecule has 3 unspecified atom stereocenters. The molecule has 4 bridgehead atoms. The molecule has 538 valence electrons. The van der Waals surface area contributed by atoms with Crippen LogP contribution in [0.2, 0.25) is 0 Å². The van der Waals surface area contributed by atoms with Crippen molar-refractivity contribution < 1.29 is 67.9 Å². The predicted molar refractivity (Wildman–Crippen MR) is 376 cm³/mol. The lowest BCUT2D eigenvalue weighted by Crippen LogP contribution is -2.64. The molecule has 0 spiro atoms. The summed E-state index contributed by atoms with van der Waals surface area (Å²) in [5.41, 5.74) is 11.3. The van der Waals surface area contributed by atoms with E-state index in [4.69, 9.17) is 30.0 Å². The molecule has 101 heavy (non-hydrogen) atoms. The lowest BCUT2D eigenvalue weighted by atomic mass is 9.39. The number of carbonyl (C=O) groups excluding carboxylic acids is 7. The van der Waals surface area contributed by atoms with Gasteiger partial charge in [-0.2, -0.15) is 5.10 Å². The van der Waals surface area contributed by atoms with Crippen molar-refractivity contribution in [2.24, 2.45) is 27.9 Å². The number of aromatic carboxylic acids is 1. The minimum atomic E-state index is -1.18. The normalized spacial score (nSPS) is 24.2. The molecule has 7 aliphatic rings. The van der Waals surface area contributed by atoms with Crippen molar-refractivity contribution >= 4 is 85.7 Å². The van der Waals surface area contributed by atoms with Crippen LogP contribution in [0.5, 0.6) is 0 Å². The van der Waals surface area contributed by atoms with Gasteiger partial charge in [-0.25, -0.2) is 19.6 Å². The zero-order valence-corrected chi connectivity index (χ0v) is 59.0. The number of hydrogen-bond acceptors (Lipinski definition) is 18. The largest absolute Gasteiger partial charge is 0.476 e. The molecule has 4 saturated carbocycles. The Morgan fingerprint density at radius 3 is 2.36 bits per heavy atom. The molecule has 26 nitrogen and oxygen atoms in total. The Kier molecular flexibility index (Phi) is 21.1. The molecular weight excluding hydrogens is 1310 g/mol. The number of anilines is 3. The van der Waals surface area contributed by atoms with Crippen LogP contribution >= 0.6 is 11.3 Å². The summed E-state index contributed by atoms with van der Waals surface area (Å²) in [6.07, 6.45) is 6.17. The van der Waals surface area contributed by atoms with Gasteiger partial charge in [-0.1, -0.05) is 69.4 Å².